The van der Waals surface area contributed by atoms with Crippen LogP contribution in [0.3, 0.4) is 0 Å². The number of nitrogens with one attached hydrogen (secondary N) is 1. The molecule has 266 valence electrons. The molecule has 0 radical (unpaired) electrons. The van der Waals surface area contributed by atoms with Crippen molar-refractivity contribution in [3.8, 4) is 11.1 Å². The minimum atomic E-state index is -4.82. The fourth-order valence-corrected chi connectivity index (χ4v) is 6.58. The largest absolute Gasteiger partial charge is 0.481 e. The standard InChI is InChI=1S/C36H41F6N3O4/c1-21-14-25(37)15-22-10-7-5-4-6-8-12-30(45-20-23(11-9-13-44(2)3)27(18-31(45)46)36(40,41)42)35(49)43-29(19-32(47)48)26-16-24(33(21)22)17-28(38)34(26)39/h14-18,20,29-30H,4-13,19H2,1-3H3,(H,43,49)(H,47,48)/t29-,30-/m0/s1. The molecule has 7 nitrogen and oxygen atoms in total. The van der Waals surface area contributed by atoms with Gasteiger partial charge in [-0.3, -0.25) is 14.4 Å². The summed E-state index contributed by atoms with van der Waals surface area (Å²) in [6.45, 7) is 2.09. The highest BCUT2D eigenvalue weighted by molar-refractivity contribution is 5.82. The number of aryl methyl sites for hydroxylation is 3. The number of carboxylic acids is 1. The van der Waals surface area contributed by atoms with Crippen LogP contribution in [0.5, 0.6) is 0 Å². The third-order valence-corrected chi connectivity index (χ3v) is 8.88. The Balaban J connectivity index is 1.85. The lowest BCUT2D eigenvalue weighted by atomic mass is 9.89. The summed E-state index contributed by atoms with van der Waals surface area (Å²) in [4.78, 5) is 41.0. The van der Waals surface area contributed by atoms with E-state index in [0.717, 1.165) is 16.8 Å². The predicted octanol–water partition coefficient (Wildman–Crippen LogP) is 7.52. The summed E-state index contributed by atoms with van der Waals surface area (Å²) in [6, 6.07) is 2.24. The number of hydrogen-bond donors (Lipinski definition) is 2. The normalized spacial score (nSPS) is 17.9. The van der Waals surface area contributed by atoms with Crippen molar-refractivity contribution in [2.24, 2.45) is 0 Å². The zero-order valence-corrected chi connectivity index (χ0v) is 27.7. The SMILES string of the molecule is Cc1cc(F)cc2c1-c1cc(F)c(F)c(c1)[C@H](CC(=O)O)NC(=O)[C@@H](n1cc(CCCN(C)C)c(C(F)(F)F)cc1=O)CCCCCCC2. The molecule has 49 heavy (non-hydrogen) atoms. The number of aromatic nitrogens is 1. The number of halogens is 6. The van der Waals surface area contributed by atoms with Gasteiger partial charge in [-0.25, -0.2) is 13.2 Å². The number of amides is 1. The zero-order valence-electron chi connectivity index (χ0n) is 27.7. The molecule has 1 aliphatic heterocycles. The molecular weight excluding hydrogens is 652 g/mol. The smallest absolute Gasteiger partial charge is 0.416 e. The summed E-state index contributed by atoms with van der Waals surface area (Å²) in [6.07, 6.45) is -0.888. The molecular formula is C36H41F6N3O4. The van der Waals surface area contributed by atoms with E-state index < -0.39 is 70.7 Å². The summed E-state index contributed by atoms with van der Waals surface area (Å²) in [7, 11) is 3.54. The molecule has 3 aromatic rings. The number of nitrogens with zero attached hydrogens (tertiary/aromatic N) is 2. The maximum Gasteiger partial charge on any atom is 0.416 e. The summed E-state index contributed by atoms with van der Waals surface area (Å²) < 4.78 is 88.2. The quantitative estimate of drug-likeness (QED) is 0.250. The lowest BCUT2D eigenvalue weighted by Crippen LogP contribution is -2.40. The van der Waals surface area contributed by atoms with Gasteiger partial charge in [0.25, 0.3) is 5.56 Å². The number of benzene rings is 2. The van der Waals surface area contributed by atoms with Crippen molar-refractivity contribution >= 4 is 11.9 Å². The van der Waals surface area contributed by atoms with E-state index in [2.05, 4.69) is 5.32 Å². The molecule has 0 fully saturated rings. The Hall–Kier alpha value is -4.13. The van der Waals surface area contributed by atoms with Crippen molar-refractivity contribution in [1.29, 1.82) is 0 Å². The molecule has 1 aliphatic rings. The number of fused-ring (bicyclic) bond motifs is 4. The highest BCUT2D eigenvalue weighted by Gasteiger charge is 2.36. The van der Waals surface area contributed by atoms with E-state index >= 15 is 8.78 Å². The first-order chi connectivity index (χ1) is 23.1. The van der Waals surface area contributed by atoms with Crippen LogP contribution in [0.25, 0.3) is 11.1 Å². The Morgan fingerprint density at radius 2 is 1.69 bits per heavy atom. The van der Waals surface area contributed by atoms with Crippen LogP contribution in [-0.2, 0) is 28.6 Å². The predicted molar refractivity (Wildman–Crippen MR) is 173 cm³/mol. The number of carbonyl (C=O) groups is 2. The summed E-state index contributed by atoms with van der Waals surface area (Å²) >= 11 is 0. The molecule has 0 aliphatic carbocycles. The molecule has 0 saturated carbocycles. The molecule has 0 spiro atoms. The van der Waals surface area contributed by atoms with Crippen LogP contribution in [-0.4, -0.2) is 47.1 Å². The van der Waals surface area contributed by atoms with Crippen molar-refractivity contribution in [3.63, 3.8) is 0 Å². The molecule has 2 aromatic carbocycles. The number of carboxylic acid groups (broad SMARTS) is 1. The molecule has 13 heteroatoms. The van der Waals surface area contributed by atoms with Crippen LogP contribution in [0.1, 0.15) is 91.3 Å². The van der Waals surface area contributed by atoms with E-state index in [1.807, 2.05) is 0 Å². The van der Waals surface area contributed by atoms with Gasteiger partial charge in [-0.15, -0.1) is 0 Å². The molecule has 2 N–H and O–H groups in total. The molecule has 2 heterocycles. The minimum Gasteiger partial charge on any atom is -0.481 e. The third-order valence-electron chi connectivity index (χ3n) is 8.88. The summed E-state index contributed by atoms with van der Waals surface area (Å²) in [5.41, 5.74) is -1.18. The monoisotopic (exact) mass is 693 g/mol. The number of rotatable bonds is 7. The summed E-state index contributed by atoms with van der Waals surface area (Å²) in [5, 5.41) is 12.2. The van der Waals surface area contributed by atoms with Crippen molar-refractivity contribution in [2.75, 3.05) is 20.6 Å². The van der Waals surface area contributed by atoms with Gasteiger partial charge in [0, 0.05) is 17.8 Å². The Labute approximate surface area is 280 Å². The van der Waals surface area contributed by atoms with Crippen LogP contribution in [0.15, 0.2) is 41.3 Å². The maximum absolute atomic E-state index is 15.5. The number of carbonyl (C=O) groups excluding carboxylic acids is 1. The van der Waals surface area contributed by atoms with Gasteiger partial charge in [0.15, 0.2) is 11.6 Å². The Morgan fingerprint density at radius 1 is 1.00 bits per heavy atom. The van der Waals surface area contributed by atoms with E-state index in [0.29, 0.717) is 74.2 Å². The average molecular weight is 694 g/mol. The molecule has 0 saturated heterocycles. The molecule has 2 atom stereocenters. The van der Waals surface area contributed by atoms with Crippen molar-refractivity contribution < 1.29 is 41.0 Å². The van der Waals surface area contributed by atoms with E-state index in [4.69, 9.17) is 0 Å². The van der Waals surface area contributed by atoms with E-state index in [-0.39, 0.29) is 24.0 Å². The second-order valence-corrected chi connectivity index (χ2v) is 13.0. The first-order valence-electron chi connectivity index (χ1n) is 16.3. The van der Waals surface area contributed by atoms with Crippen molar-refractivity contribution in [3.05, 3.63) is 92.2 Å². The van der Waals surface area contributed by atoms with Gasteiger partial charge in [-0.1, -0.05) is 25.7 Å². The Kier molecular flexibility index (Phi) is 12.3. The fraction of sp³-hybridized carbons (Fsp3) is 0.472. The maximum atomic E-state index is 15.5. The minimum absolute atomic E-state index is 0.0121. The number of hydrogen-bond acceptors (Lipinski definition) is 4. The number of aliphatic carboxylic acids is 1. The molecule has 4 rings (SSSR count). The van der Waals surface area contributed by atoms with E-state index in [9.17, 15) is 37.1 Å². The van der Waals surface area contributed by atoms with Gasteiger partial charge >= 0.3 is 12.1 Å². The van der Waals surface area contributed by atoms with Crippen LogP contribution < -0.4 is 10.9 Å². The second-order valence-electron chi connectivity index (χ2n) is 13.0. The van der Waals surface area contributed by atoms with Gasteiger partial charge in [0.2, 0.25) is 5.91 Å². The first kappa shape index (κ1) is 37.7. The topological polar surface area (TPSA) is 91.6 Å². The van der Waals surface area contributed by atoms with Gasteiger partial charge in [0.05, 0.1) is 18.0 Å². The summed E-state index contributed by atoms with van der Waals surface area (Å²) in [5.74, 6) is -5.58. The molecule has 2 bridgehead atoms. The van der Waals surface area contributed by atoms with Crippen molar-refractivity contribution in [2.45, 2.75) is 89.4 Å². The lowest BCUT2D eigenvalue weighted by Gasteiger charge is -2.26. The molecule has 1 amide bonds. The van der Waals surface area contributed by atoms with Crippen molar-refractivity contribution in [1.82, 2.24) is 14.8 Å². The highest BCUT2D eigenvalue weighted by Crippen LogP contribution is 2.36. The van der Waals surface area contributed by atoms with Gasteiger partial charge in [0.1, 0.15) is 11.9 Å². The van der Waals surface area contributed by atoms with E-state index in [1.165, 1.54) is 18.2 Å². The van der Waals surface area contributed by atoms with Crippen LogP contribution in [0.4, 0.5) is 26.3 Å². The van der Waals surface area contributed by atoms with Gasteiger partial charge < -0.3 is 19.9 Å². The first-order valence-corrected chi connectivity index (χ1v) is 16.3. The molecule has 0 unspecified atom stereocenters. The van der Waals surface area contributed by atoms with Gasteiger partial charge in [-0.05, 0) is 112 Å². The second kappa shape index (κ2) is 16.1. The Morgan fingerprint density at radius 3 is 2.37 bits per heavy atom. The highest BCUT2D eigenvalue weighted by atomic mass is 19.4. The fourth-order valence-electron chi connectivity index (χ4n) is 6.58. The average Bonchev–Trinajstić information content (AvgIpc) is 2.98. The number of alkyl halides is 3. The van der Waals surface area contributed by atoms with Gasteiger partial charge in [-0.2, -0.15) is 13.2 Å². The lowest BCUT2D eigenvalue weighted by molar-refractivity contribution is -0.139. The van der Waals surface area contributed by atoms with E-state index in [1.54, 1.807) is 25.9 Å². The number of pyridine rings is 1. The zero-order chi connectivity index (χ0) is 36.0. The van der Waals surface area contributed by atoms with Crippen LogP contribution in [0, 0.1) is 24.4 Å². The van der Waals surface area contributed by atoms with Crippen LogP contribution in [0.2, 0.25) is 0 Å². The third kappa shape index (κ3) is 9.52. The Bertz CT molecular complexity index is 1740. The molecule has 1 aromatic heterocycles. The van der Waals surface area contributed by atoms with Crippen LogP contribution >= 0.6 is 0 Å².